The molecule has 0 unspecified atom stereocenters. The molecule has 3 aromatic rings. The number of para-hydroxylation sites is 1. The molecular weight excluding hydrogens is 304 g/mol. The van der Waals surface area contributed by atoms with Crippen molar-refractivity contribution in [3.8, 4) is 0 Å². The Morgan fingerprint density at radius 3 is 2.88 bits per heavy atom. The Labute approximate surface area is 140 Å². The molecule has 2 heterocycles. The molecule has 24 heavy (non-hydrogen) atoms. The van der Waals surface area contributed by atoms with E-state index in [1.165, 1.54) is 6.26 Å². The number of aliphatic hydroxyl groups excluding tert-OH is 1. The van der Waals surface area contributed by atoms with Crippen molar-refractivity contribution in [1.29, 1.82) is 0 Å². The second-order valence-corrected chi connectivity index (χ2v) is 5.90. The topological polar surface area (TPSA) is 75.4 Å². The SMILES string of the molecule is C[C@H](C[C@@H](O)c1ccco1)NC(=O)Cc1cccc2cccnc12. The first-order valence-electron chi connectivity index (χ1n) is 7.97. The Morgan fingerprint density at radius 1 is 1.25 bits per heavy atom. The van der Waals surface area contributed by atoms with Crippen LogP contribution in [0.1, 0.15) is 30.8 Å². The van der Waals surface area contributed by atoms with Gasteiger partial charge in [0.05, 0.1) is 18.2 Å². The molecule has 0 fully saturated rings. The van der Waals surface area contributed by atoms with Gasteiger partial charge in [0.2, 0.25) is 5.91 Å². The Morgan fingerprint density at radius 2 is 2.08 bits per heavy atom. The first-order valence-corrected chi connectivity index (χ1v) is 7.97. The zero-order valence-electron chi connectivity index (χ0n) is 13.5. The van der Waals surface area contributed by atoms with E-state index >= 15 is 0 Å². The van der Waals surface area contributed by atoms with Crippen molar-refractivity contribution >= 4 is 16.8 Å². The molecule has 1 aromatic carbocycles. The second kappa shape index (κ2) is 7.27. The van der Waals surface area contributed by atoms with E-state index in [1.807, 2.05) is 37.3 Å². The van der Waals surface area contributed by atoms with Crippen LogP contribution in [0.25, 0.3) is 10.9 Å². The maximum atomic E-state index is 12.3. The maximum absolute atomic E-state index is 12.3. The van der Waals surface area contributed by atoms with Gasteiger partial charge >= 0.3 is 0 Å². The van der Waals surface area contributed by atoms with E-state index in [0.717, 1.165) is 16.5 Å². The lowest BCUT2D eigenvalue weighted by molar-refractivity contribution is -0.121. The van der Waals surface area contributed by atoms with Crippen molar-refractivity contribution in [2.75, 3.05) is 0 Å². The molecule has 5 heteroatoms. The first kappa shape index (κ1) is 16.2. The fourth-order valence-electron chi connectivity index (χ4n) is 2.80. The minimum atomic E-state index is -0.727. The number of carbonyl (C=O) groups is 1. The van der Waals surface area contributed by atoms with E-state index in [4.69, 9.17) is 4.42 Å². The van der Waals surface area contributed by atoms with Gasteiger partial charge in [0.1, 0.15) is 11.9 Å². The van der Waals surface area contributed by atoms with Gasteiger partial charge in [0.15, 0.2) is 0 Å². The Hall–Kier alpha value is -2.66. The Kier molecular flexibility index (Phi) is 4.91. The summed E-state index contributed by atoms with van der Waals surface area (Å²) in [6, 6.07) is 13.0. The van der Waals surface area contributed by atoms with Crippen molar-refractivity contribution in [2.24, 2.45) is 0 Å². The van der Waals surface area contributed by atoms with Crippen molar-refractivity contribution in [3.05, 3.63) is 66.2 Å². The summed E-state index contributed by atoms with van der Waals surface area (Å²) in [5.74, 6) is 0.418. The smallest absolute Gasteiger partial charge is 0.224 e. The molecule has 2 atom stereocenters. The van der Waals surface area contributed by atoms with Crippen LogP contribution in [-0.4, -0.2) is 22.0 Å². The summed E-state index contributed by atoms with van der Waals surface area (Å²) in [5.41, 5.74) is 1.74. The number of hydrogen-bond acceptors (Lipinski definition) is 4. The van der Waals surface area contributed by atoms with Gasteiger partial charge in [-0.25, -0.2) is 0 Å². The molecule has 2 N–H and O–H groups in total. The van der Waals surface area contributed by atoms with E-state index in [-0.39, 0.29) is 18.4 Å². The zero-order chi connectivity index (χ0) is 16.9. The molecule has 0 bridgehead atoms. The molecule has 0 aliphatic rings. The van der Waals surface area contributed by atoms with Gasteiger partial charge in [-0.3, -0.25) is 9.78 Å². The molecule has 124 valence electrons. The van der Waals surface area contributed by atoms with E-state index in [2.05, 4.69) is 10.3 Å². The van der Waals surface area contributed by atoms with Crippen LogP contribution in [0.15, 0.2) is 59.3 Å². The molecule has 0 aliphatic heterocycles. The normalized spacial score (nSPS) is 13.6. The third-order valence-corrected chi connectivity index (χ3v) is 3.92. The summed E-state index contributed by atoms with van der Waals surface area (Å²) in [6.07, 6.45) is 3.18. The average molecular weight is 324 g/mol. The lowest BCUT2D eigenvalue weighted by atomic mass is 10.1. The van der Waals surface area contributed by atoms with Gasteiger partial charge in [0.25, 0.3) is 0 Å². The Bertz CT molecular complexity index is 809. The minimum Gasteiger partial charge on any atom is -0.467 e. The Balaban J connectivity index is 1.60. The number of rotatable bonds is 6. The van der Waals surface area contributed by atoms with Crippen LogP contribution in [0.3, 0.4) is 0 Å². The van der Waals surface area contributed by atoms with Crippen LogP contribution in [0, 0.1) is 0 Å². The molecule has 0 spiro atoms. The summed E-state index contributed by atoms with van der Waals surface area (Å²) in [7, 11) is 0. The number of hydrogen-bond donors (Lipinski definition) is 2. The highest BCUT2D eigenvalue weighted by atomic mass is 16.4. The highest BCUT2D eigenvalue weighted by Crippen LogP contribution is 2.19. The van der Waals surface area contributed by atoms with Crippen LogP contribution >= 0.6 is 0 Å². The van der Waals surface area contributed by atoms with Crippen LogP contribution in [0.5, 0.6) is 0 Å². The molecule has 0 saturated carbocycles. The van der Waals surface area contributed by atoms with Crippen molar-refractivity contribution in [1.82, 2.24) is 10.3 Å². The molecule has 0 aliphatic carbocycles. The highest BCUT2D eigenvalue weighted by molar-refractivity contribution is 5.87. The van der Waals surface area contributed by atoms with E-state index in [1.54, 1.807) is 18.3 Å². The maximum Gasteiger partial charge on any atom is 0.224 e. The number of aromatic nitrogens is 1. The number of pyridine rings is 1. The number of carbonyl (C=O) groups excluding carboxylic acids is 1. The summed E-state index contributed by atoms with van der Waals surface area (Å²) in [5, 5.41) is 14.0. The van der Waals surface area contributed by atoms with Crippen LogP contribution in [-0.2, 0) is 11.2 Å². The number of aliphatic hydroxyl groups is 1. The number of nitrogens with zero attached hydrogens (tertiary/aromatic N) is 1. The highest BCUT2D eigenvalue weighted by Gasteiger charge is 2.17. The molecule has 5 nitrogen and oxygen atoms in total. The lowest BCUT2D eigenvalue weighted by Gasteiger charge is -2.17. The largest absolute Gasteiger partial charge is 0.467 e. The third-order valence-electron chi connectivity index (χ3n) is 3.92. The van der Waals surface area contributed by atoms with E-state index in [0.29, 0.717) is 12.2 Å². The van der Waals surface area contributed by atoms with Crippen molar-refractivity contribution in [2.45, 2.75) is 31.9 Å². The predicted octanol–water partition coefficient (Wildman–Crippen LogP) is 3.00. The summed E-state index contributed by atoms with van der Waals surface area (Å²) < 4.78 is 5.17. The third kappa shape index (κ3) is 3.81. The second-order valence-electron chi connectivity index (χ2n) is 5.90. The summed E-state index contributed by atoms with van der Waals surface area (Å²) in [6.45, 7) is 1.87. The first-order chi connectivity index (χ1) is 11.6. The van der Waals surface area contributed by atoms with Crippen LogP contribution in [0.4, 0.5) is 0 Å². The number of amides is 1. The van der Waals surface area contributed by atoms with Gasteiger partial charge in [-0.1, -0.05) is 24.3 Å². The number of furan rings is 1. The van der Waals surface area contributed by atoms with Crippen LogP contribution in [0.2, 0.25) is 0 Å². The van der Waals surface area contributed by atoms with Crippen molar-refractivity contribution in [3.63, 3.8) is 0 Å². The zero-order valence-corrected chi connectivity index (χ0v) is 13.5. The molecular formula is C19H20N2O3. The predicted molar refractivity (Wildman–Crippen MR) is 91.3 cm³/mol. The molecule has 0 saturated heterocycles. The van der Waals surface area contributed by atoms with E-state index in [9.17, 15) is 9.90 Å². The van der Waals surface area contributed by atoms with Gasteiger partial charge in [-0.2, -0.15) is 0 Å². The van der Waals surface area contributed by atoms with Gasteiger partial charge in [0, 0.05) is 24.0 Å². The summed E-state index contributed by atoms with van der Waals surface area (Å²) >= 11 is 0. The fraction of sp³-hybridized carbons (Fsp3) is 0.263. The molecule has 2 aromatic heterocycles. The molecule has 3 rings (SSSR count). The van der Waals surface area contributed by atoms with Gasteiger partial charge in [-0.15, -0.1) is 0 Å². The average Bonchev–Trinajstić information content (AvgIpc) is 3.09. The van der Waals surface area contributed by atoms with Gasteiger partial charge in [-0.05, 0) is 30.7 Å². The van der Waals surface area contributed by atoms with Gasteiger partial charge < -0.3 is 14.8 Å². The van der Waals surface area contributed by atoms with Crippen LogP contribution < -0.4 is 5.32 Å². The van der Waals surface area contributed by atoms with E-state index < -0.39 is 6.10 Å². The number of nitrogens with one attached hydrogen (secondary N) is 1. The van der Waals surface area contributed by atoms with Crippen molar-refractivity contribution < 1.29 is 14.3 Å². The quantitative estimate of drug-likeness (QED) is 0.731. The lowest BCUT2D eigenvalue weighted by Crippen LogP contribution is -2.34. The fourth-order valence-corrected chi connectivity index (χ4v) is 2.80. The molecule has 0 radical (unpaired) electrons. The minimum absolute atomic E-state index is 0.0905. The summed E-state index contributed by atoms with van der Waals surface area (Å²) in [4.78, 5) is 16.7. The standard InChI is InChI=1S/C19H20N2O3/c1-13(11-16(22)17-8-4-10-24-17)21-18(23)12-15-6-2-5-14-7-3-9-20-19(14)15/h2-10,13,16,22H,11-12H2,1H3,(H,21,23)/t13-,16-/m1/s1. The molecule has 1 amide bonds. The number of fused-ring (bicyclic) bond motifs is 1. The number of benzene rings is 1. The monoisotopic (exact) mass is 324 g/mol.